The number of halogens is 1. The molecule has 28 heavy (non-hydrogen) atoms. The van der Waals surface area contributed by atoms with Gasteiger partial charge in [-0.05, 0) is 42.7 Å². The molecule has 2 N–H and O–H groups in total. The molecule has 0 aliphatic heterocycles. The summed E-state index contributed by atoms with van der Waals surface area (Å²) in [5.41, 5.74) is 1.73. The number of amides is 2. The van der Waals surface area contributed by atoms with Gasteiger partial charge in [0, 0.05) is 15.4 Å². The molecule has 0 fully saturated rings. The number of thiazole rings is 1. The molecular weight excluding hydrogens is 462 g/mol. The second-order valence-corrected chi connectivity index (χ2v) is 8.58. The van der Waals surface area contributed by atoms with Crippen molar-refractivity contribution in [3.8, 4) is 11.3 Å². The first-order valence-electron chi connectivity index (χ1n) is 8.42. The Kier molecular flexibility index (Phi) is 7.30. The van der Waals surface area contributed by atoms with Crippen LogP contribution in [0.4, 0.5) is 5.13 Å². The first kappa shape index (κ1) is 20.6. The van der Waals surface area contributed by atoms with Crippen molar-refractivity contribution in [3.05, 3.63) is 58.3 Å². The zero-order chi connectivity index (χ0) is 19.9. The van der Waals surface area contributed by atoms with E-state index >= 15 is 0 Å². The fourth-order valence-corrected chi connectivity index (χ4v) is 4.04. The van der Waals surface area contributed by atoms with Crippen molar-refractivity contribution in [2.45, 2.75) is 12.5 Å². The molecule has 0 spiro atoms. The lowest BCUT2D eigenvalue weighted by molar-refractivity contribution is -0.118. The average molecular weight is 480 g/mol. The minimum Gasteiger partial charge on any atom is -0.459 e. The maximum Gasteiger partial charge on any atom is 0.287 e. The molecule has 1 unspecified atom stereocenters. The van der Waals surface area contributed by atoms with Crippen molar-refractivity contribution >= 4 is 56.0 Å². The molecular formula is C19H18BrN3O3S2. The van der Waals surface area contributed by atoms with Crippen LogP contribution in [0.25, 0.3) is 11.3 Å². The van der Waals surface area contributed by atoms with Crippen LogP contribution in [0.5, 0.6) is 0 Å². The number of rotatable bonds is 8. The van der Waals surface area contributed by atoms with Crippen LogP contribution in [0.2, 0.25) is 0 Å². The first-order valence-corrected chi connectivity index (χ1v) is 11.5. The summed E-state index contributed by atoms with van der Waals surface area (Å²) >= 11 is 6.40. The Labute approximate surface area is 179 Å². The highest BCUT2D eigenvalue weighted by Crippen LogP contribution is 2.27. The summed E-state index contributed by atoms with van der Waals surface area (Å²) in [4.78, 5) is 29.4. The van der Waals surface area contributed by atoms with Gasteiger partial charge in [-0.3, -0.25) is 9.59 Å². The van der Waals surface area contributed by atoms with Gasteiger partial charge in [0.05, 0.1) is 12.0 Å². The molecule has 2 amide bonds. The highest BCUT2D eigenvalue weighted by atomic mass is 79.9. The smallest absolute Gasteiger partial charge is 0.287 e. The number of carbonyl (C=O) groups excluding carboxylic acids is 2. The molecule has 9 heteroatoms. The number of aromatic nitrogens is 1. The molecule has 1 atom stereocenters. The summed E-state index contributed by atoms with van der Waals surface area (Å²) < 4.78 is 6.06. The average Bonchev–Trinajstić information content (AvgIpc) is 3.37. The van der Waals surface area contributed by atoms with E-state index in [4.69, 9.17) is 4.42 Å². The fourth-order valence-electron chi connectivity index (χ4n) is 2.45. The SMILES string of the molecule is CSCCC(NC(=O)c1ccco1)C(=O)Nc1nc(-c2cccc(Br)c2)cs1. The van der Waals surface area contributed by atoms with Crippen LogP contribution in [0.3, 0.4) is 0 Å². The molecule has 3 aromatic rings. The summed E-state index contributed by atoms with van der Waals surface area (Å²) in [5, 5.41) is 7.91. The molecule has 2 aromatic heterocycles. The van der Waals surface area contributed by atoms with Crippen molar-refractivity contribution in [2.24, 2.45) is 0 Å². The molecule has 146 valence electrons. The Morgan fingerprint density at radius 2 is 2.18 bits per heavy atom. The molecule has 2 heterocycles. The Morgan fingerprint density at radius 1 is 1.32 bits per heavy atom. The number of hydrogen-bond donors (Lipinski definition) is 2. The fraction of sp³-hybridized carbons (Fsp3) is 0.211. The quantitative estimate of drug-likeness (QED) is 0.490. The van der Waals surface area contributed by atoms with Gasteiger partial charge in [-0.15, -0.1) is 11.3 Å². The third-order valence-corrected chi connectivity index (χ3v) is 5.73. The van der Waals surface area contributed by atoms with Gasteiger partial charge in [-0.2, -0.15) is 11.8 Å². The predicted molar refractivity (Wildman–Crippen MR) is 117 cm³/mol. The second kappa shape index (κ2) is 9.90. The van der Waals surface area contributed by atoms with Crippen LogP contribution in [-0.4, -0.2) is 34.8 Å². The van der Waals surface area contributed by atoms with E-state index < -0.39 is 11.9 Å². The second-order valence-electron chi connectivity index (χ2n) is 5.82. The minimum atomic E-state index is -0.678. The Hall–Kier alpha value is -2.10. The van der Waals surface area contributed by atoms with Crippen LogP contribution in [0.15, 0.2) is 56.9 Å². The monoisotopic (exact) mass is 479 g/mol. The Bertz CT molecular complexity index is 944. The predicted octanol–water partition coefficient (Wildman–Crippen LogP) is 4.66. The van der Waals surface area contributed by atoms with Crippen molar-refractivity contribution in [1.82, 2.24) is 10.3 Å². The lowest BCUT2D eigenvalue weighted by atomic mass is 10.2. The van der Waals surface area contributed by atoms with Crippen molar-refractivity contribution in [2.75, 3.05) is 17.3 Å². The third-order valence-electron chi connectivity index (χ3n) is 3.83. The molecule has 6 nitrogen and oxygen atoms in total. The lowest BCUT2D eigenvalue weighted by Gasteiger charge is -2.16. The highest BCUT2D eigenvalue weighted by Gasteiger charge is 2.23. The minimum absolute atomic E-state index is 0.174. The number of thioether (sulfide) groups is 1. The van der Waals surface area contributed by atoms with E-state index in [1.54, 1.807) is 23.9 Å². The summed E-state index contributed by atoms with van der Waals surface area (Å²) in [6, 6.07) is 10.3. The van der Waals surface area contributed by atoms with Gasteiger partial charge in [-0.25, -0.2) is 4.98 Å². The van der Waals surface area contributed by atoms with E-state index in [0.717, 1.165) is 21.5 Å². The number of benzene rings is 1. The van der Waals surface area contributed by atoms with Gasteiger partial charge in [-0.1, -0.05) is 28.1 Å². The number of carbonyl (C=O) groups is 2. The van der Waals surface area contributed by atoms with Crippen molar-refractivity contribution in [1.29, 1.82) is 0 Å². The lowest BCUT2D eigenvalue weighted by Crippen LogP contribution is -2.44. The summed E-state index contributed by atoms with van der Waals surface area (Å²) in [5.74, 6) is 0.190. The van der Waals surface area contributed by atoms with Crippen molar-refractivity contribution < 1.29 is 14.0 Å². The van der Waals surface area contributed by atoms with Gasteiger partial charge in [0.15, 0.2) is 10.9 Å². The first-order chi connectivity index (χ1) is 13.6. The maximum atomic E-state index is 12.7. The molecule has 0 bridgehead atoms. The number of hydrogen-bond acceptors (Lipinski definition) is 6. The largest absolute Gasteiger partial charge is 0.459 e. The van der Waals surface area contributed by atoms with Gasteiger partial charge in [0.2, 0.25) is 5.91 Å². The van der Waals surface area contributed by atoms with Crippen LogP contribution in [-0.2, 0) is 4.79 Å². The molecule has 0 saturated heterocycles. The number of anilines is 1. The van der Waals surface area contributed by atoms with Crippen molar-refractivity contribution in [3.63, 3.8) is 0 Å². The van der Waals surface area contributed by atoms with Gasteiger partial charge >= 0.3 is 0 Å². The summed E-state index contributed by atoms with van der Waals surface area (Å²) in [6.07, 6.45) is 3.88. The van der Waals surface area contributed by atoms with E-state index in [1.165, 1.54) is 17.6 Å². The van der Waals surface area contributed by atoms with Gasteiger partial charge in [0.25, 0.3) is 5.91 Å². The Balaban J connectivity index is 1.68. The van der Waals surface area contributed by atoms with Gasteiger partial charge in [0.1, 0.15) is 6.04 Å². The topological polar surface area (TPSA) is 84.2 Å². The van der Waals surface area contributed by atoms with E-state index in [0.29, 0.717) is 11.6 Å². The van der Waals surface area contributed by atoms with Crippen LogP contribution in [0, 0.1) is 0 Å². The van der Waals surface area contributed by atoms with E-state index in [1.807, 2.05) is 35.9 Å². The molecule has 0 aliphatic rings. The molecule has 3 rings (SSSR count). The van der Waals surface area contributed by atoms with Gasteiger partial charge < -0.3 is 15.1 Å². The van der Waals surface area contributed by atoms with E-state index in [-0.39, 0.29) is 11.7 Å². The molecule has 0 saturated carbocycles. The normalized spacial score (nSPS) is 11.8. The molecule has 0 aliphatic carbocycles. The summed E-state index contributed by atoms with van der Waals surface area (Å²) in [7, 11) is 0. The standard InChI is InChI=1S/C19H18BrN3O3S2/c1-27-9-7-14(21-18(25)16-6-3-8-26-16)17(24)23-19-22-15(11-28-19)12-4-2-5-13(20)10-12/h2-6,8,10-11,14H,7,9H2,1H3,(H,21,25)(H,22,23,24). The van der Waals surface area contributed by atoms with Crippen LogP contribution < -0.4 is 10.6 Å². The van der Waals surface area contributed by atoms with E-state index in [9.17, 15) is 9.59 Å². The zero-order valence-electron chi connectivity index (χ0n) is 15.0. The molecule has 1 aromatic carbocycles. The molecule has 0 radical (unpaired) electrons. The Morgan fingerprint density at radius 3 is 2.89 bits per heavy atom. The third kappa shape index (κ3) is 5.46. The van der Waals surface area contributed by atoms with Crippen LogP contribution in [0.1, 0.15) is 17.0 Å². The number of nitrogens with one attached hydrogen (secondary N) is 2. The summed E-state index contributed by atoms with van der Waals surface area (Å²) in [6.45, 7) is 0. The van der Waals surface area contributed by atoms with Crippen LogP contribution >= 0.6 is 39.0 Å². The maximum absolute atomic E-state index is 12.7. The van der Waals surface area contributed by atoms with E-state index in [2.05, 4.69) is 31.5 Å². The number of nitrogens with zero attached hydrogens (tertiary/aromatic N) is 1. The zero-order valence-corrected chi connectivity index (χ0v) is 18.2. The highest BCUT2D eigenvalue weighted by molar-refractivity contribution is 9.10. The number of furan rings is 1.